The number of benzene rings is 11. The fourth-order valence-electron chi connectivity index (χ4n) is 14.5. The molecule has 0 fully saturated rings. The second-order valence-electron chi connectivity index (χ2n) is 25.5. The molecule has 0 aromatic heterocycles. The maximum atomic E-state index is 16.6. The highest BCUT2D eigenvalue weighted by Gasteiger charge is 2.44. The number of aliphatic hydroxyl groups excluding tert-OH is 1. The van der Waals surface area contributed by atoms with Crippen LogP contribution in [0.1, 0.15) is 196 Å². The van der Waals surface area contributed by atoms with E-state index in [1.165, 1.54) is 4.90 Å². The van der Waals surface area contributed by atoms with Crippen LogP contribution in [0.15, 0.2) is 182 Å². The van der Waals surface area contributed by atoms with Gasteiger partial charge in [-0.05, 0) is 146 Å². The summed E-state index contributed by atoms with van der Waals surface area (Å²) in [6, 6.07) is 57.9. The number of ether oxygens (including phenoxy) is 4. The number of hydrogen-bond acceptors (Lipinski definition) is 8. The van der Waals surface area contributed by atoms with Gasteiger partial charge in [-0.25, -0.2) is 4.90 Å². The number of imide groups is 1. The van der Waals surface area contributed by atoms with E-state index in [0.717, 1.165) is 144 Å². The summed E-state index contributed by atoms with van der Waals surface area (Å²) in [5.41, 5.74) is 6.61. The molecule has 1 unspecified atom stereocenters. The average Bonchev–Trinajstić information content (AvgIpc) is 0.672. The van der Waals surface area contributed by atoms with Crippen molar-refractivity contribution in [3.05, 3.63) is 226 Å². The van der Waals surface area contributed by atoms with Gasteiger partial charge in [-0.15, -0.1) is 0 Å². The molecule has 3 amide bonds. The molecule has 0 radical (unpaired) electrons. The molecular formula is C84H84N2O8. The monoisotopic (exact) mass is 1250 g/mol. The van der Waals surface area contributed by atoms with Gasteiger partial charge in [0.25, 0.3) is 17.7 Å². The third kappa shape index (κ3) is 12.4. The van der Waals surface area contributed by atoms with Crippen molar-refractivity contribution in [2.24, 2.45) is 0 Å². The van der Waals surface area contributed by atoms with Crippen LogP contribution in [0.3, 0.4) is 0 Å². The van der Waals surface area contributed by atoms with Gasteiger partial charge in [-0.3, -0.25) is 19.3 Å². The van der Waals surface area contributed by atoms with Crippen LogP contribution in [0.25, 0.3) is 43.1 Å². The number of para-hydroxylation sites is 6. The summed E-state index contributed by atoms with van der Waals surface area (Å²) in [6.07, 6.45) is 17.8. The predicted octanol–water partition coefficient (Wildman–Crippen LogP) is 22.8. The predicted molar refractivity (Wildman–Crippen MR) is 381 cm³/mol. The van der Waals surface area contributed by atoms with Gasteiger partial charge in [0.1, 0.15) is 46.0 Å². The number of fused-ring (bicyclic) bond motifs is 2. The topological polar surface area (TPSA) is 115 Å². The van der Waals surface area contributed by atoms with E-state index in [1.807, 2.05) is 133 Å². The molecule has 10 nitrogen and oxygen atoms in total. The Morgan fingerprint density at radius 2 is 0.628 bits per heavy atom. The molecule has 2 heterocycles. The van der Waals surface area contributed by atoms with Crippen LogP contribution in [-0.4, -0.2) is 22.8 Å². The number of unbranched alkanes of at least 4 members (excludes halogenated alkanes) is 12. The molecule has 11 aromatic rings. The van der Waals surface area contributed by atoms with Crippen molar-refractivity contribution in [1.82, 2.24) is 0 Å². The van der Waals surface area contributed by atoms with Crippen LogP contribution in [-0.2, 0) is 25.7 Å². The Morgan fingerprint density at radius 1 is 0.319 bits per heavy atom. The first-order chi connectivity index (χ1) is 46.2. The molecular weight excluding hydrogens is 1160 g/mol. The van der Waals surface area contributed by atoms with Gasteiger partial charge in [0.15, 0.2) is 6.23 Å². The second-order valence-corrected chi connectivity index (χ2v) is 25.5. The van der Waals surface area contributed by atoms with Crippen LogP contribution >= 0.6 is 0 Å². The molecule has 13 rings (SSSR count). The number of nitrogens with zero attached hydrogens (tertiary/aromatic N) is 2. The van der Waals surface area contributed by atoms with E-state index in [1.54, 1.807) is 17.0 Å². The Labute approximate surface area is 552 Å². The summed E-state index contributed by atoms with van der Waals surface area (Å²) < 4.78 is 29.2. The number of carbonyl (C=O) groups excluding carboxylic acids is 3. The molecule has 1 N–H and O–H groups in total. The Kier molecular flexibility index (Phi) is 19.4. The normalized spacial score (nSPS) is 13.7. The molecule has 478 valence electrons. The molecule has 0 spiro atoms. The van der Waals surface area contributed by atoms with Crippen LogP contribution in [0.2, 0.25) is 0 Å². The summed E-state index contributed by atoms with van der Waals surface area (Å²) in [4.78, 5) is 52.7. The lowest BCUT2D eigenvalue weighted by Crippen LogP contribution is -2.41. The lowest BCUT2D eigenvalue weighted by molar-refractivity contribution is 0.0870. The third-order valence-electron chi connectivity index (χ3n) is 19.0. The third-order valence-corrected chi connectivity index (χ3v) is 19.0. The number of hydrogen-bond donors (Lipinski definition) is 1. The second kappa shape index (κ2) is 28.8. The summed E-state index contributed by atoms with van der Waals surface area (Å²) in [6.45, 7) is 8.82. The number of carbonyl (C=O) groups is 3. The highest BCUT2D eigenvalue weighted by molar-refractivity contribution is 6.46. The van der Waals surface area contributed by atoms with Crippen LogP contribution in [0, 0.1) is 0 Å². The number of anilines is 2. The largest absolute Gasteiger partial charge is 0.457 e. The molecule has 0 aliphatic carbocycles. The fourth-order valence-corrected chi connectivity index (χ4v) is 14.5. The number of aryl methyl sites for hydroxylation is 4. The van der Waals surface area contributed by atoms with Crippen molar-refractivity contribution in [2.75, 3.05) is 9.80 Å². The first-order valence-corrected chi connectivity index (χ1v) is 34.6. The van der Waals surface area contributed by atoms with Gasteiger partial charge in [-0.1, -0.05) is 214 Å². The number of aliphatic hydroxyl groups is 1. The molecule has 94 heavy (non-hydrogen) atoms. The zero-order valence-corrected chi connectivity index (χ0v) is 54.7. The summed E-state index contributed by atoms with van der Waals surface area (Å²) in [5.74, 6) is 1.95. The maximum absolute atomic E-state index is 16.6. The number of rotatable bonds is 30. The van der Waals surface area contributed by atoms with Crippen molar-refractivity contribution in [2.45, 2.75) is 162 Å². The summed E-state index contributed by atoms with van der Waals surface area (Å²) >= 11 is 0. The van der Waals surface area contributed by atoms with Gasteiger partial charge >= 0.3 is 0 Å². The molecule has 11 aromatic carbocycles. The van der Waals surface area contributed by atoms with Crippen LogP contribution < -0.4 is 28.7 Å². The van der Waals surface area contributed by atoms with Crippen LogP contribution in [0.5, 0.6) is 46.0 Å². The molecule has 0 saturated heterocycles. The van der Waals surface area contributed by atoms with Crippen molar-refractivity contribution in [3.8, 4) is 46.0 Å². The molecule has 10 heteroatoms. The molecule has 0 saturated carbocycles. The van der Waals surface area contributed by atoms with Gasteiger partial charge in [0, 0.05) is 48.7 Å². The van der Waals surface area contributed by atoms with E-state index in [-0.39, 0.29) is 17.0 Å². The lowest BCUT2D eigenvalue weighted by atomic mass is 9.80. The van der Waals surface area contributed by atoms with Crippen molar-refractivity contribution in [1.29, 1.82) is 0 Å². The Morgan fingerprint density at radius 3 is 0.968 bits per heavy atom. The molecule has 2 aliphatic heterocycles. The van der Waals surface area contributed by atoms with E-state index < -0.39 is 18.0 Å². The molecule has 0 bridgehead atoms. The average molecular weight is 1250 g/mol. The summed E-state index contributed by atoms with van der Waals surface area (Å²) in [7, 11) is 0. The first-order valence-electron chi connectivity index (χ1n) is 34.6. The standard InChI is InChI=1S/C84H84N2O8/c1-5-9-13-21-35-55-39-33-40-56(36-22-14-10-6-2)79(55)85-81(87)63-51-67(91-59-43-25-17-26-44-59)73-75-69(93-61-47-29-19-30-48-61)53-65-72-66(84(90)86(83(65)89)80-57(37-23-15-11-7-3)41-34-42-58(80)38-24-16-12-8-4)54-70(94-62-49-31-20-32-50-62)76(78(72)75)74-68(92-60-45-27-18-28-46-60)52-64(82(85)88)71(63)77(73)74/h17-20,25-34,39-54,81,87H,5-16,21-24,35-38H2,1-4H3. The van der Waals surface area contributed by atoms with Gasteiger partial charge in [0.2, 0.25) is 0 Å². The van der Waals surface area contributed by atoms with Gasteiger partial charge < -0.3 is 24.1 Å². The van der Waals surface area contributed by atoms with E-state index in [0.29, 0.717) is 119 Å². The van der Waals surface area contributed by atoms with Crippen LogP contribution in [0.4, 0.5) is 11.4 Å². The zero-order chi connectivity index (χ0) is 64.7. The van der Waals surface area contributed by atoms with E-state index >= 15 is 14.4 Å². The SMILES string of the molecule is CCCCCCc1cccc(CCCCCC)c1N1C(=O)c2cc(Oc3ccccc3)c3c4c(Oc5ccccc5)cc5c6c(cc(Oc7ccccc7)c(c7c(Oc8ccccc8)cc(c2c37)C1=O)c64)C(O)N(c1c(CCCCCC)cccc1CCCCCC)C5=O. The quantitative estimate of drug-likeness (QED) is 0.0205. The minimum Gasteiger partial charge on any atom is -0.457 e. The fraction of sp³-hybridized carbons (Fsp3) is 0.298. The Hall–Kier alpha value is -9.51. The maximum Gasteiger partial charge on any atom is 0.266 e. The zero-order valence-electron chi connectivity index (χ0n) is 54.7. The van der Waals surface area contributed by atoms with E-state index in [9.17, 15) is 5.11 Å². The minimum absolute atomic E-state index is 0.273. The van der Waals surface area contributed by atoms with E-state index in [2.05, 4.69) is 64.1 Å². The minimum atomic E-state index is -1.49. The molecule has 1 atom stereocenters. The van der Waals surface area contributed by atoms with Crippen molar-refractivity contribution in [3.63, 3.8) is 0 Å². The Bertz CT molecular complexity index is 4350. The van der Waals surface area contributed by atoms with Crippen molar-refractivity contribution >= 4 is 72.2 Å². The molecule has 2 aliphatic rings. The van der Waals surface area contributed by atoms with Gasteiger partial charge in [-0.2, -0.15) is 0 Å². The Balaban J connectivity index is 1.17. The van der Waals surface area contributed by atoms with E-state index in [4.69, 9.17) is 18.9 Å². The number of amides is 3. The smallest absolute Gasteiger partial charge is 0.266 e. The van der Waals surface area contributed by atoms with Gasteiger partial charge in [0.05, 0.1) is 28.1 Å². The first kappa shape index (κ1) is 63.3. The lowest BCUT2D eigenvalue weighted by Gasteiger charge is -2.38. The van der Waals surface area contributed by atoms with Crippen molar-refractivity contribution < 1.29 is 38.4 Å². The highest BCUT2D eigenvalue weighted by atomic mass is 16.5. The highest BCUT2D eigenvalue weighted by Crippen LogP contribution is 2.59. The summed E-state index contributed by atoms with van der Waals surface area (Å²) in [5, 5.41) is 17.7.